The number of aryl methyl sites for hydroxylation is 2. The summed E-state index contributed by atoms with van der Waals surface area (Å²) in [6, 6.07) is 2.18. The van der Waals surface area contributed by atoms with Crippen LogP contribution < -0.4 is 4.72 Å². The van der Waals surface area contributed by atoms with E-state index < -0.39 is 32.7 Å². The van der Waals surface area contributed by atoms with E-state index in [0.717, 1.165) is 12.1 Å². The summed E-state index contributed by atoms with van der Waals surface area (Å²) in [5.41, 5.74) is 1.10. The van der Waals surface area contributed by atoms with Crippen LogP contribution in [0.5, 0.6) is 0 Å². The van der Waals surface area contributed by atoms with Gasteiger partial charge in [0.05, 0.1) is 6.20 Å². The van der Waals surface area contributed by atoms with Crippen LogP contribution in [0.25, 0.3) is 0 Å². The molecule has 0 fully saturated rings. The van der Waals surface area contributed by atoms with E-state index in [4.69, 9.17) is 0 Å². The topological polar surface area (TPSA) is 101 Å². The number of carbonyl (C=O) groups is 1. The second-order valence-corrected chi connectivity index (χ2v) is 6.85. The number of benzene rings is 1. The molecule has 0 saturated heterocycles. The SMILES string of the molecule is Cc1ccc(F)c(S(=O)(=O)NC(Cc2cnn(C)c2)C(=O)O)c1. The number of aromatic nitrogens is 2. The first-order valence-electron chi connectivity index (χ1n) is 6.68. The largest absolute Gasteiger partial charge is 0.480 e. The number of nitrogens with one attached hydrogen (secondary N) is 1. The zero-order chi connectivity index (χ0) is 17.2. The van der Waals surface area contributed by atoms with Crippen molar-refractivity contribution >= 4 is 16.0 Å². The molecule has 2 rings (SSSR count). The maximum absolute atomic E-state index is 13.8. The number of rotatable bonds is 6. The first-order chi connectivity index (χ1) is 10.7. The lowest BCUT2D eigenvalue weighted by atomic mass is 10.1. The summed E-state index contributed by atoms with van der Waals surface area (Å²) in [5, 5.41) is 13.1. The third kappa shape index (κ3) is 4.14. The Bertz CT molecular complexity index is 832. The highest BCUT2D eigenvalue weighted by molar-refractivity contribution is 7.89. The lowest BCUT2D eigenvalue weighted by Gasteiger charge is -2.14. The van der Waals surface area contributed by atoms with E-state index in [1.165, 1.54) is 16.9 Å². The molecule has 1 aromatic heterocycles. The van der Waals surface area contributed by atoms with Gasteiger partial charge in [-0.25, -0.2) is 12.8 Å². The monoisotopic (exact) mass is 341 g/mol. The smallest absolute Gasteiger partial charge is 0.322 e. The first-order valence-corrected chi connectivity index (χ1v) is 8.16. The highest BCUT2D eigenvalue weighted by Crippen LogP contribution is 2.17. The standard InChI is InChI=1S/C14H16FN3O4S/c1-9-3-4-11(15)13(5-9)23(21,22)17-12(14(19)20)6-10-7-16-18(2)8-10/h3-5,7-8,12,17H,6H2,1-2H3,(H,19,20). The molecule has 2 N–H and O–H groups in total. The molecule has 0 aliphatic rings. The Kier molecular flexibility index (Phi) is 4.81. The summed E-state index contributed by atoms with van der Waals surface area (Å²) < 4.78 is 41.8. The molecular weight excluding hydrogens is 325 g/mol. The maximum Gasteiger partial charge on any atom is 0.322 e. The van der Waals surface area contributed by atoms with Crippen molar-refractivity contribution in [3.05, 3.63) is 47.5 Å². The zero-order valence-corrected chi connectivity index (χ0v) is 13.3. The van der Waals surface area contributed by atoms with E-state index >= 15 is 0 Å². The number of carboxylic acids is 1. The Morgan fingerprint density at radius 2 is 2.17 bits per heavy atom. The van der Waals surface area contributed by atoms with E-state index in [-0.39, 0.29) is 6.42 Å². The van der Waals surface area contributed by atoms with Gasteiger partial charge in [-0.1, -0.05) is 6.07 Å². The van der Waals surface area contributed by atoms with Crippen LogP contribution in [0.4, 0.5) is 4.39 Å². The quantitative estimate of drug-likeness (QED) is 0.811. The van der Waals surface area contributed by atoms with Gasteiger partial charge in [-0.3, -0.25) is 9.48 Å². The summed E-state index contributed by atoms with van der Waals surface area (Å²) in [6.07, 6.45) is 2.92. The van der Waals surface area contributed by atoms with E-state index in [1.54, 1.807) is 20.2 Å². The van der Waals surface area contributed by atoms with Gasteiger partial charge in [-0.15, -0.1) is 0 Å². The molecule has 0 radical (unpaired) electrons. The Hall–Kier alpha value is -2.26. The van der Waals surface area contributed by atoms with Gasteiger partial charge >= 0.3 is 5.97 Å². The number of halogens is 1. The van der Waals surface area contributed by atoms with Crippen molar-refractivity contribution in [3.63, 3.8) is 0 Å². The van der Waals surface area contributed by atoms with Gasteiger partial charge in [-0.05, 0) is 30.2 Å². The van der Waals surface area contributed by atoms with Gasteiger partial charge in [0.25, 0.3) is 0 Å². The predicted octanol–water partition coefficient (Wildman–Crippen LogP) is 0.842. The minimum Gasteiger partial charge on any atom is -0.480 e. The van der Waals surface area contributed by atoms with Crippen LogP contribution in [0.2, 0.25) is 0 Å². The van der Waals surface area contributed by atoms with Crippen LogP contribution >= 0.6 is 0 Å². The zero-order valence-electron chi connectivity index (χ0n) is 12.5. The minimum absolute atomic E-state index is 0.101. The molecule has 9 heteroatoms. The Labute approximate surface area is 132 Å². The van der Waals surface area contributed by atoms with Gasteiger partial charge in [0.1, 0.15) is 16.8 Å². The molecule has 0 bridgehead atoms. The first kappa shape index (κ1) is 17.1. The van der Waals surface area contributed by atoms with Crippen molar-refractivity contribution in [2.24, 2.45) is 7.05 Å². The molecule has 1 heterocycles. The number of hydrogen-bond donors (Lipinski definition) is 2. The van der Waals surface area contributed by atoms with Crippen LogP contribution in [0.3, 0.4) is 0 Å². The molecular formula is C14H16FN3O4S. The second-order valence-electron chi connectivity index (χ2n) is 5.17. The Balaban J connectivity index is 2.28. The number of sulfonamides is 1. The van der Waals surface area contributed by atoms with Crippen LogP contribution in [-0.4, -0.2) is 35.3 Å². The second kappa shape index (κ2) is 6.47. The molecule has 7 nitrogen and oxygen atoms in total. The highest BCUT2D eigenvalue weighted by Gasteiger charge is 2.28. The van der Waals surface area contributed by atoms with Gasteiger partial charge < -0.3 is 5.11 Å². The molecule has 0 amide bonds. The van der Waals surface area contributed by atoms with Gasteiger partial charge in [-0.2, -0.15) is 9.82 Å². The number of aliphatic carboxylic acids is 1. The summed E-state index contributed by atoms with van der Waals surface area (Å²) in [5.74, 6) is -2.29. The third-order valence-electron chi connectivity index (χ3n) is 3.17. The van der Waals surface area contributed by atoms with Crippen molar-refractivity contribution in [3.8, 4) is 0 Å². The van der Waals surface area contributed by atoms with Crippen molar-refractivity contribution in [2.45, 2.75) is 24.3 Å². The Morgan fingerprint density at radius 3 is 2.74 bits per heavy atom. The molecule has 0 saturated carbocycles. The molecule has 23 heavy (non-hydrogen) atoms. The van der Waals surface area contributed by atoms with Crippen LogP contribution in [0, 0.1) is 12.7 Å². The number of carboxylic acid groups (broad SMARTS) is 1. The average molecular weight is 341 g/mol. The average Bonchev–Trinajstić information content (AvgIpc) is 2.85. The lowest BCUT2D eigenvalue weighted by Crippen LogP contribution is -2.42. The summed E-state index contributed by atoms with van der Waals surface area (Å²) in [4.78, 5) is 10.7. The number of hydrogen-bond acceptors (Lipinski definition) is 4. The number of nitrogens with zero attached hydrogens (tertiary/aromatic N) is 2. The molecule has 1 atom stereocenters. The molecule has 0 aliphatic heterocycles. The van der Waals surface area contributed by atoms with Crippen molar-refractivity contribution in [1.29, 1.82) is 0 Å². The minimum atomic E-state index is -4.30. The van der Waals surface area contributed by atoms with Gasteiger partial charge in [0.15, 0.2) is 0 Å². The van der Waals surface area contributed by atoms with E-state index in [2.05, 4.69) is 5.10 Å². The molecule has 2 aromatic rings. The molecule has 1 aromatic carbocycles. The summed E-state index contributed by atoms with van der Waals surface area (Å²) in [6.45, 7) is 1.61. The fourth-order valence-corrected chi connectivity index (χ4v) is 3.41. The lowest BCUT2D eigenvalue weighted by molar-refractivity contribution is -0.138. The predicted molar refractivity (Wildman–Crippen MR) is 79.8 cm³/mol. The Morgan fingerprint density at radius 1 is 1.48 bits per heavy atom. The van der Waals surface area contributed by atoms with Crippen LogP contribution in [0.15, 0.2) is 35.5 Å². The van der Waals surface area contributed by atoms with Crippen molar-refractivity contribution < 1.29 is 22.7 Å². The van der Waals surface area contributed by atoms with Gasteiger partial charge in [0.2, 0.25) is 10.0 Å². The van der Waals surface area contributed by atoms with Gasteiger partial charge in [0, 0.05) is 19.7 Å². The highest BCUT2D eigenvalue weighted by atomic mass is 32.2. The molecule has 1 unspecified atom stereocenters. The molecule has 0 aliphatic carbocycles. The van der Waals surface area contributed by atoms with Crippen LogP contribution in [0.1, 0.15) is 11.1 Å². The van der Waals surface area contributed by atoms with Crippen molar-refractivity contribution in [2.75, 3.05) is 0 Å². The molecule has 124 valence electrons. The van der Waals surface area contributed by atoms with E-state index in [0.29, 0.717) is 11.1 Å². The summed E-state index contributed by atoms with van der Waals surface area (Å²) >= 11 is 0. The summed E-state index contributed by atoms with van der Waals surface area (Å²) in [7, 11) is -2.65. The van der Waals surface area contributed by atoms with Crippen LogP contribution in [-0.2, 0) is 28.3 Å². The van der Waals surface area contributed by atoms with E-state index in [1.807, 2.05) is 4.72 Å². The van der Waals surface area contributed by atoms with Crippen molar-refractivity contribution in [1.82, 2.24) is 14.5 Å². The van der Waals surface area contributed by atoms with E-state index in [9.17, 15) is 22.7 Å². The molecule has 0 spiro atoms. The fraction of sp³-hybridized carbons (Fsp3) is 0.286. The third-order valence-corrected chi connectivity index (χ3v) is 4.66. The normalized spacial score (nSPS) is 13.0. The fourth-order valence-electron chi connectivity index (χ4n) is 2.06. The maximum atomic E-state index is 13.8.